The summed E-state index contributed by atoms with van der Waals surface area (Å²) in [5.74, 6) is 0.799. The number of hydrogen-bond donors (Lipinski definition) is 1. The highest BCUT2D eigenvalue weighted by Gasteiger charge is 2.41. The Kier molecular flexibility index (Phi) is 5.56. The quantitative estimate of drug-likeness (QED) is 0.479. The first kappa shape index (κ1) is 22.4. The first-order chi connectivity index (χ1) is 16.3. The van der Waals surface area contributed by atoms with E-state index >= 15 is 0 Å². The zero-order chi connectivity index (χ0) is 24.0. The molecule has 1 saturated heterocycles. The molecule has 1 aromatic heterocycles. The molecule has 0 bridgehead atoms. The third-order valence-electron chi connectivity index (χ3n) is 7.01. The fourth-order valence-electron chi connectivity index (χ4n) is 5.09. The van der Waals surface area contributed by atoms with E-state index in [1.165, 1.54) is 22.4 Å². The van der Waals surface area contributed by atoms with E-state index in [1.807, 2.05) is 36.5 Å². The largest absolute Gasteiger partial charge is 0.497 e. The number of allylic oxidation sites excluding steroid dienone is 1. The lowest BCUT2D eigenvalue weighted by atomic mass is 9.86. The summed E-state index contributed by atoms with van der Waals surface area (Å²) >= 11 is 5.88. The number of nitrogens with one attached hydrogen (secondary N) is 1. The molecule has 0 unspecified atom stereocenters. The van der Waals surface area contributed by atoms with Crippen LogP contribution >= 0.6 is 12.2 Å². The van der Waals surface area contributed by atoms with Gasteiger partial charge in [-0.15, -0.1) is 0 Å². The summed E-state index contributed by atoms with van der Waals surface area (Å²) in [4.78, 5) is 9.20. The zero-order valence-corrected chi connectivity index (χ0v) is 21.1. The van der Waals surface area contributed by atoms with Crippen LogP contribution in [-0.2, 0) is 0 Å². The molecular weight excluding hydrogens is 440 g/mol. The van der Waals surface area contributed by atoms with Crippen LogP contribution in [0.5, 0.6) is 5.75 Å². The van der Waals surface area contributed by atoms with Gasteiger partial charge in [0.15, 0.2) is 5.11 Å². The van der Waals surface area contributed by atoms with Crippen LogP contribution in [0.1, 0.15) is 49.7 Å². The first-order valence-corrected chi connectivity index (χ1v) is 11.9. The van der Waals surface area contributed by atoms with Crippen molar-refractivity contribution in [2.45, 2.75) is 38.4 Å². The van der Waals surface area contributed by atoms with Gasteiger partial charge in [0.25, 0.3) is 0 Å². The maximum Gasteiger partial charge on any atom is 0.174 e. The van der Waals surface area contributed by atoms with E-state index in [-0.39, 0.29) is 17.6 Å². The Balaban J connectivity index is 1.66. The molecule has 2 atom stereocenters. The van der Waals surface area contributed by atoms with Crippen molar-refractivity contribution in [2.24, 2.45) is 0 Å². The van der Waals surface area contributed by atoms with Crippen molar-refractivity contribution in [2.75, 3.05) is 24.0 Å². The molecule has 2 aliphatic rings. The maximum atomic E-state index is 5.88. The van der Waals surface area contributed by atoms with Crippen LogP contribution in [0.2, 0.25) is 0 Å². The van der Waals surface area contributed by atoms with E-state index in [1.54, 1.807) is 7.11 Å². The number of anilines is 2. The van der Waals surface area contributed by atoms with E-state index in [0.29, 0.717) is 5.11 Å². The monoisotopic (exact) mass is 470 g/mol. The van der Waals surface area contributed by atoms with E-state index < -0.39 is 0 Å². The van der Waals surface area contributed by atoms with Gasteiger partial charge in [0.1, 0.15) is 5.75 Å². The molecule has 0 saturated carbocycles. The van der Waals surface area contributed by atoms with Gasteiger partial charge < -0.3 is 19.9 Å². The number of thiocarbonyl (C=S) groups is 1. The zero-order valence-electron chi connectivity index (χ0n) is 20.2. The number of likely N-dealkylation sites (N-methyl/N-ethyl adjacent to an activating group) is 1. The number of fused-ring (bicyclic) bond motifs is 1. The number of pyridine rings is 1. The Labute approximate surface area is 207 Å². The Morgan fingerprint density at radius 2 is 1.88 bits per heavy atom. The first-order valence-electron chi connectivity index (χ1n) is 11.5. The molecule has 1 N–H and O–H groups in total. The lowest BCUT2D eigenvalue weighted by Gasteiger charge is -2.41. The molecule has 1 fully saturated rings. The molecule has 0 amide bonds. The van der Waals surface area contributed by atoms with Gasteiger partial charge in [-0.1, -0.05) is 24.3 Å². The van der Waals surface area contributed by atoms with Crippen LogP contribution in [0, 0.1) is 0 Å². The second-order valence-corrected chi connectivity index (χ2v) is 9.90. The average molecular weight is 471 g/mol. The molecular formula is C28H30N4OS. The number of hydrogen-bond acceptors (Lipinski definition) is 4. The molecule has 3 heterocycles. The summed E-state index contributed by atoms with van der Waals surface area (Å²) in [6.45, 7) is 6.69. The fourth-order valence-corrected chi connectivity index (χ4v) is 5.44. The van der Waals surface area contributed by atoms with Crippen molar-refractivity contribution < 1.29 is 4.74 Å². The Morgan fingerprint density at radius 3 is 2.62 bits per heavy atom. The minimum Gasteiger partial charge on any atom is -0.497 e. The summed E-state index contributed by atoms with van der Waals surface area (Å²) in [5.41, 5.74) is 6.89. The van der Waals surface area contributed by atoms with Gasteiger partial charge in [-0.2, -0.15) is 0 Å². The molecule has 0 radical (unpaired) electrons. The lowest BCUT2D eigenvalue weighted by Crippen LogP contribution is -2.42. The molecule has 2 aromatic carbocycles. The van der Waals surface area contributed by atoms with Crippen LogP contribution in [0.3, 0.4) is 0 Å². The van der Waals surface area contributed by atoms with Crippen LogP contribution in [-0.4, -0.2) is 29.8 Å². The predicted molar refractivity (Wildman–Crippen MR) is 144 cm³/mol. The Morgan fingerprint density at radius 1 is 1.06 bits per heavy atom. The summed E-state index contributed by atoms with van der Waals surface area (Å²) in [5, 5.41) is 4.22. The van der Waals surface area contributed by atoms with Crippen LogP contribution < -0.4 is 19.9 Å². The SMILES string of the molecule is COc1cccc(N2C(=S)N[C@@H](c3ccccn3)[C@H]2c2ccc3c(c2)C(C)=CC(C)(C)N3C)c1. The van der Waals surface area contributed by atoms with Gasteiger partial charge in [-0.05, 0) is 80.5 Å². The molecule has 174 valence electrons. The van der Waals surface area contributed by atoms with Gasteiger partial charge >= 0.3 is 0 Å². The van der Waals surface area contributed by atoms with Crippen molar-refractivity contribution in [1.82, 2.24) is 10.3 Å². The number of benzene rings is 2. The van der Waals surface area contributed by atoms with E-state index in [0.717, 1.165) is 17.1 Å². The molecule has 0 aliphatic carbocycles. The average Bonchev–Trinajstić information content (AvgIpc) is 3.19. The van der Waals surface area contributed by atoms with Crippen molar-refractivity contribution in [3.63, 3.8) is 0 Å². The minimum atomic E-state index is -0.0833. The van der Waals surface area contributed by atoms with E-state index in [9.17, 15) is 0 Å². The number of ether oxygens (including phenoxy) is 1. The van der Waals surface area contributed by atoms with Crippen molar-refractivity contribution in [3.05, 3.63) is 89.8 Å². The van der Waals surface area contributed by atoms with Crippen LogP contribution in [0.15, 0.2) is 72.9 Å². The second-order valence-electron chi connectivity index (χ2n) is 9.51. The lowest BCUT2D eigenvalue weighted by molar-refractivity contribution is 0.415. The van der Waals surface area contributed by atoms with Gasteiger partial charge in [-0.25, -0.2) is 0 Å². The van der Waals surface area contributed by atoms with Crippen LogP contribution in [0.4, 0.5) is 11.4 Å². The van der Waals surface area contributed by atoms with Crippen LogP contribution in [0.25, 0.3) is 5.57 Å². The smallest absolute Gasteiger partial charge is 0.174 e. The number of rotatable bonds is 4. The second kappa shape index (κ2) is 8.44. The van der Waals surface area contributed by atoms with Crippen molar-refractivity contribution in [1.29, 1.82) is 0 Å². The molecule has 3 aromatic rings. The molecule has 0 spiro atoms. The molecule has 5 nitrogen and oxygen atoms in total. The topological polar surface area (TPSA) is 40.6 Å². The Hall–Kier alpha value is -3.38. The third-order valence-corrected chi connectivity index (χ3v) is 7.33. The van der Waals surface area contributed by atoms with Gasteiger partial charge in [0, 0.05) is 36.2 Å². The van der Waals surface area contributed by atoms with Crippen molar-refractivity contribution in [3.8, 4) is 5.75 Å². The highest BCUT2D eigenvalue weighted by molar-refractivity contribution is 7.80. The summed E-state index contributed by atoms with van der Waals surface area (Å²) in [6, 6.07) is 20.7. The molecule has 6 heteroatoms. The number of aromatic nitrogens is 1. The fraction of sp³-hybridized carbons (Fsp3) is 0.286. The normalized spacial score (nSPS) is 21.1. The molecule has 34 heavy (non-hydrogen) atoms. The van der Waals surface area contributed by atoms with Gasteiger partial charge in [0.2, 0.25) is 0 Å². The minimum absolute atomic E-state index is 0.0296. The third kappa shape index (κ3) is 3.72. The van der Waals surface area contributed by atoms with Gasteiger partial charge in [-0.3, -0.25) is 4.98 Å². The molecule has 2 aliphatic heterocycles. The van der Waals surface area contributed by atoms with E-state index in [4.69, 9.17) is 17.0 Å². The summed E-state index contributed by atoms with van der Waals surface area (Å²) in [6.07, 6.45) is 4.18. The highest BCUT2D eigenvalue weighted by Crippen LogP contribution is 2.45. The molecule has 5 rings (SSSR count). The Bertz CT molecular complexity index is 1270. The number of methoxy groups -OCH3 is 1. The standard InChI is InChI=1S/C28H30N4OS/c1-18-17-28(2,3)31(4)24-13-12-19(15-22(18)24)26-25(23-11-6-7-14-29-23)30-27(34)32(26)20-9-8-10-21(16-20)33-5/h6-17,25-26H,1-5H3,(H,30,34)/t25-,26+/m0/s1. The summed E-state index contributed by atoms with van der Waals surface area (Å²) in [7, 11) is 3.84. The predicted octanol–water partition coefficient (Wildman–Crippen LogP) is 5.90. The maximum absolute atomic E-state index is 5.88. The highest BCUT2D eigenvalue weighted by atomic mass is 32.1. The van der Waals surface area contributed by atoms with Gasteiger partial charge in [0.05, 0.1) is 30.4 Å². The van der Waals surface area contributed by atoms with Crippen molar-refractivity contribution >= 4 is 34.3 Å². The summed E-state index contributed by atoms with van der Waals surface area (Å²) < 4.78 is 5.51. The number of nitrogens with zero attached hydrogens (tertiary/aromatic N) is 3. The van der Waals surface area contributed by atoms with E-state index in [2.05, 4.69) is 84.3 Å².